The van der Waals surface area contributed by atoms with Crippen LogP contribution in [0.15, 0.2) is 54.6 Å². The molecule has 0 radical (unpaired) electrons. The van der Waals surface area contributed by atoms with Crippen molar-refractivity contribution >= 4 is 29.3 Å². The second-order valence-electron chi connectivity index (χ2n) is 5.09. The normalized spacial score (nSPS) is 12.1. The Hall–Kier alpha value is -2.50. The van der Waals surface area contributed by atoms with Gasteiger partial charge >= 0.3 is 5.97 Å². The van der Waals surface area contributed by atoms with Crippen LogP contribution in [0.3, 0.4) is 0 Å². The van der Waals surface area contributed by atoms with Crippen molar-refractivity contribution in [3.63, 3.8) is 0 Å². The summed E-state index contributed by atoms with van der Waals surface area (Å²) in [6.45, 7) is 0.492. The van der Waals surface area contributed by atoms with Crippen molar-refractivity contribution in [2.45, 2.75) is 6.10 Å². The second kappa shape index (κ2) is 8.96. The van der Waals surface area contributed by atoms with Crippen molar-refractivity contribution in [1.82, 2.24) is 0 Å². The molecule has 0 aromatic heterocycles. The number of halogens is 1. The van der Waals surface area contributed by atoms with Gasteiger partial charge in [-0.15, -0.1) is 0 Å². The topological polar surface area (TPSA) is 78.8 Å². The summed E-state index contributed by atoms with van der Waals surface area (Å²) in [5, 5.41) is 22.3. The van der Waals surface area contributed by atoms with Crippen LogP contribution < -0.4 is 10.1 Å². The minimum atomic E-state index is -0.994. The molecule has 24 heavy (non-hydrogen) atoms. The molecule has 0 saturated carbocycles. The predicted molar refractivity (Wildman–Crippen MR) is 94.6 cm³/mol. The van der Waals surface area contributed by atoms with Gasteiger partial charge in [-0.05, 0) is 48.0 Å². The number of aliphatic hydroxyl groups is 1. The monoisotopic (exact) mass is 347 g/mol. The Bertz CT molecular complexity index is 683. The summed E-state index contributed by atoms with van der Waals surface area (Å²) in [5.41, 5.74) is 1.63. The highest BCUT2D eigenvalue weighted by atomic mass is 35.5. The molecule has 0 aliphatic heterocycles. The molecular formula is C18H18ClNO4. The molecule has 6 heteroatoms. The molecule has 126 valence electrons. The Labute approximate surface area is 145 Å². The number of aliphatic carboxylic acids is 1. The van der Waals surface area contributed by atoms with E-state index >= 15 is 0 Å². The molecule has 3 N–H and O–H groups in total. The Morgan fingerprint density at radius 2 is 1.83 bits per heavy atom. The highest BCUT2D eigenvalue weighted by molar-refractivity contribution is 6.30. The third-order valence-corrected chi connectivity index (χ3v) is 3.38. The Morgan fingerprint density at radius 3 is 2.46 bits per heavy atom. The van der Waals surface area contributed by atoms with E-state index in [1.165, 1.54) is 6.08 Å². The summed E-state index contributed by atoms with van der Waals surface area (Å²) in [6, 6.07) is 14.1. The van der Waals surface area contributed by atoms with Gasteiger partial charge < -0.3 is 20.3 Å². The number of rotatable bonds is 8. The third-order valence-electron chi connectivity index (χ3n) is 3.13. The van der Waals surface area contributed by atoms with Crippen LogP contribution in [-0.4, -0.2) is 35.4 Å². The van der Waals surface area contributed by atoms with Gasteiger partial charge in [-0.1, -0.05) is 23.7 Å². The number of aliphatic hydroxyl groups excluding tert-OH is 1. The zero-order valence-corrected chi connectivity index (χ0v) is 13.6. The maximum atomic E-state index is 10.4. The molecule has 0 heterocycles. The molecule has 1 unspecified atom stereocenters. The fourth-order valence-electron chi connectivity index (χ4n) is 1.90. The Balaban J connectivity index is 1.75. The molecule has 0 aliphatic rings. The lowest BCUT2D eigenvalue weighted by Gasteiger charge is -2.14. The number of anilines is 1. The largest absolute Gasteiger partial charge is 0.491 e. The standard InChI is InChI=1S/C18H18ClNO4/c19-14-4-6-15(7-5-14)20-11-16(21)12-24-17-8-1-13(2-9-17)3-10-18(22)23/h1-10,16,20-21H,11-12H2,(H,22,23). The maximum Gasteiger partial charge on any atom is 0.328 e. The fourth-order valence-corrected chi connectivity index (χ4v) is 2.02. The molecule has 2 rings (SSSR count). The van der Waals surface area contributed by atoms with Crippen LogP contribution in [0.4, 0.5) is 5.69 Å². The summed E-state index contributed by atoms with van der Waals surface area (Å²) in [7, 11) is 0. The number of hydrogen-bond donors (Lipinski definition) is 3. The van der Waals surface area contributed by atoms with Gasteiger partial charge in [0, 0.05) is 23.3 Å². The van der Waals surface area contributed by atoms with Gasteiger partial charge in [0.1, 0.15) is 18.5 Å². The van der Waals surface area contributed by atoms with Gasteiger partial charge in [-0.3, -0.25) is 0 Å². The SMILES string of the molecule is O=C(O)C=Cc1ccc(OCC(O)CNc2ccc(Cl)cc2)cc1. The van der Waals surface area contributed by atoms with Crippen LogP contribution in [0.1, 0.15) is 5.56 Å². The van der Waals surface area contributed by atoms with E-state index in [9.17, 15) is 9.90 Å². The molecule has 2 aromatic carbocycles. The van der Waals surface area contributed by atoms with Crippen molar-refractivity contribution in [3.8, 4) is 5.75 Å². The lowest BCUT2D eigenvalue weighted by Crippen LogP contribution is -2.26. The first-order valence-corrected chi connectivity index (χ1v) is 7.72. The summed E-state index contributed by atoms with van der Waals surface area (Å²) in [5.74, 6) is -0.389. The molecular weight excluding hydrogens is 330 g/mol. The minimum absolute atomic E-state index is 0.144. The van der Waals surface area contributed by atoms with E-state index in [2.05, 4.69) is 5.32 Å². The predicted octanol–water partition coefficient (Wildman–Crippen LogP) is 3.29. The Morgan fingerprint density at radius 1 is 1.17 bits per heavy atom. The first-order chi connectivity index (χ1) is 11.5. The van der Waals surface area contributed by atoms with E-state index in [0.717, 1.165) is 17.3 Å². The summed E-state index contributed by atoms with van der Waals surface area (Å²) < 4.78 is 5.50. The fraction of sp³-hybridized carbons (Fsp3) is 0.167. The highest BCUT2D eigenvalue weighted by Crippen LogP contribution is 2.15. The second-order valence-corrected chi connectivity index (χ2v) is 5.53. The average molecular weight is 348 g/mol. The third kappa shape index (κ3) is 6.32. The number of hydrogen-bond acceptors (Lipinski definition) is 4. The van der Waals surface area contributed by atoms with E-state index in [-0.39, 0.29) is 6.61 Å². The van der Waals surface area contributed by atoms with Crippen molar-refractivity contribution < 1.29 is 19.7 Å². The number of carbonyl (C=O) groups is 1. The number of ether oxygens (including phenoxy) is 1. The zero-order chi connectivity index (χ0) is 17.4. The van der Waals surface area contributed by atoms with Gasteiger partial charge in [0.15, 0.2) is 0 Å². The first kappa shape index (κ1) is 17.8. The summed E-state index contributed by atoms with van der Waals surface area (Å²) in [4.78, 5) is 10.4. The van der Waals surface area contributed by atoms with Crippen LogP contribution in [0.25, 0.3) is 6.08 Å². The van der Waals surface area contributed by atoms with Crippen LogP contribution >= 0.6 is 11.6 Å². The molecule has 5 nitrogen and oxygen atoms in total. The van der Waals surface area contributed by atoms with E-state index in [1.54, 1.807) is 36.4 Å². The van der Waals surface area contributed by atoms with Crippen molar-refractivity contribution in [2.24, 2.45) is 0 Å². The molecule has 1 atom stereocenters. The Kier molecular flexibility index (Phi) is 6.66. The van der Waals surface area contributed by atoms with E-state index < -0.39 is 12.1 Å². The van der Waals surface area contributed by atoms with Gasteiger partial charge in [0.2, 0.25) is 0 Å². The molecule has 0 aliphatic carbocycles. The molecule has 0 fully saturated rings. The minimum Gasteiger partial charge on any atom is -0.491 e. The molecule has 0 amide bonds. The van der Waals surface area contributed by atoms with Crippen LogP contribution in [-0.2, 0) is 4.79 Å². The summed E-state index contributed by atoms with van der Waals surface area (Å²) in [6.07, 6.45) is 1.89. The number of carboxylic acids is 1. The zero-order valence-electron chi connectivity index (χ0n) is 12.9. The lowest BCUT2D eigenvalue weighted by atomic mass is 10.2. The number of benzene rings is 2. The first-order valence-electron chi connectivity index (χ1n) is 7.34. The van der Waals surface area contributed by atoms with Crippen LogP contribution in [0, 0.1) is 0 Å². The highest BCUT2D eigenvalue weighted by Gasteiger charge is 2.05. The van der Waals surface area contributed by atoms with Crippen LogP contribution in [0.5, 0.6) is 5.75 Å². The van der Waals surface area contributed by atoms with Crippen molar-refractivity contribution in [3.05, 3.63) is 65.2 Å². The van der Waals surface area contributed by atoms with Gasteiger partial charge in [-0.2, -0.15) is 0 Å². The van der Waals surface area contributed by atoms with Gasteiger partial charge in [0.05, 0.1) is 0 Å². The number of carboxylic acid groups (broad SMARTS) is 1. The van der Waals surface area contributed by atoms with Crippen molar-refractivity contribution in [1.29, 1.82) is 0 Å². The summed E-state index contributed by atoms with van der Waals surface area (Å²) >= 11 is 5.81. The van der Waals surface area contributed by atoms with E-state index in [0.29, 0.717) is 17.3 Å². The van der Waals surface area contributed by atoms with E-state index in [1.807, 2.05) is 12.1 Å². The molecule has 2 aromatic rings. The molecule has 0 bridgehead atoms. The van der Waals surface area contributed by atoms with Crippen LogP contribution in [0.2, 0.25) is 5.02 Å². The quantitative estimate of drug-likeness (QED) is 0.639. The van der Waals surface area contributed by atoms with E-state index in [4.69, 9.17) is 21.4 Å². The number of nitrogens with one attached hydrogen (secondary N) is 1. The molecule has 0 spiro atoms. The maximum absolute atomic E-state index is 10.4. The average Bonchev–Trinajstić information content (AvgIpc) is 2.58. The van der Waals surface area contributed by atoms with Gasteiger partial charge in [-0.25, -0.2) is 4.79 Å². The molecule has 0 saturated heterocycles. The lowest BCUT2D eigenvalue weighted by molar-refractivity contribution is -0.131. The van der Waals surface area contributed by atoms with Gasteiger partial charge in [0.25, 0.3) is 0 Å². The van der Waals surface area contributed by atoms with Crippen molar-refractivity contribution in [2.75, 3.05) is 18.5 Å². The smallest absolute Gasteiger partial charge is 0.328 e.